The maximum atomic E-state index is 5.46. The minimum absolute atomic E-state index is 0.311. The number of rotatable bonds is 5. The third kappa shape index (κ3) is 3.41. The Morgan fingerprint density at radius 1 is 1.08 bits per heavy atom. The van der Waals surface area contributed by atoms with Gasteiger partial charge in [0.15, 0.2) is 11.5 Å². The molecule has 1 saturated heterocycles. The summed E-state index contributed by atoms with van der Waals surface area (Å²) in [6, 6.07) is 6.04. The number of fused-ring (bicyclic) bond motifs is 1. The number of hydrogen-bond acceptors (Lipinski definition) is 6. The SMILES string of the molecule is CCCN1CCN(Cc2csc(-c3ccc4c(c3)OCO4)n2)CC1. The molecule has 0 saturated carbocycles. The Kier molecular flexibility index (Phi) is 4.69. The summed E-state index contributed by atoms with van der Waals surface area (Å²) in [5.41, 5.74) is 2.26. The topological polar surface area (TPSA) is 37.8 Å². The maximum absolute atomic E-state index is 5.46. The zero-order chi connectivity index (χ0) is 16.4. The van der Waals surface area contributed by atoms with Crippen molar-refractivity contribution in [3.05, 3.63) is 29.3 Å². The number of thiazole rings is 1. The first-order valence-corrected chi connectivity index (χ1v) is 9.49. The van der Waals surface area contributed by atoms with Crippen LogP contribution in [0.3, 0.4) is 0 Å². The molecule has 0 atom stereocenters. The molecule has 24 heavy (non-hydrogen) atoms. The molecule has 1 aromatic carbocycles. The Morgan fingerprint density at radius 3 is 2.71 bits per heavy atom. The van der Waals surface area contributed by atoms with Crippen molar-refractivity contribution >= 4 is 11.3 Å². The van der Waals surface area contributed by atoms with Gasteiger partial charge in [-0.2, -0.15) is 0 Å². The van der Waals surface area contributed by atoms with Crippen LogP contribution in [0.1, 0.15) is 19.0 Å². The summed E-state index contributed by atoms with van der Waals surface area (Å²) in [5, 5.41) is 3.23. The lowest BCUT2D eigenvalue weighted by atomic mass is 10.2. The van der Waals surface area contributed by atoms with E-state index in [0.717, 1.165) is 47.4 Å². The first-order valence-electron chi connectivity index (χ1n) is 8.61. The molecule has 1 fully saturated rings. The van der Waals surface area contributed by atoms with Crippen molar-refractivity contribution in [2.45, 2.75) is 19.9 Å². The van der Waals surface area contributed by atoms with Crippen LogP contribution in [-0.4, -0.2) is 54.3 Å². The molecule has 2 aromatic rings. The number of ether oxygens (including phenoxy) is 2. The van der Waals surface area contributed by atoms with Crippen molar-refractivity contribution in [1.29, 1.82) is 0 Å². The quantitative estimate of drug-likeness (QED) is 0.833. The predicted octanol–water partition coefficient (Wildman–Crippen LogP) is 3.07. The second kappa shape index (κ2) is 7.09. The number of hydrogen-bond donors (Lipinski definition) is 0. The number of aromatic nitrogens is 1. The summed E-state index contributed by atoms with van der Waals surface area (Å²) in [5.74, 6) is 1.64. The highest BCUT2D eigenvalue weighted by molar-refractivity contribution is 7.13. The molecule has 1 aromatic heterocycles. The normalized spacial score (nSPS) is 18.2. The van der Waals surface area contributed by atoms with Crippen LogP contribution in [0.2, 0.25) is 0 Å². The van der Waals surface area contributed by atoms with Crippen LogP contribution in [0.15, 0.2) is 23.6 Å². The molecule has 128 valence electrons. The summed E-state index contributed by atoms with van der Waals surface area (Å²) in [6.07, 6.45) is 1.24. The number of piperazine rings is 1. The molecule has 0 spiro atoms. The minimum atomic E-state index is 0.311. The molecule has 2 aliphatic rings. The van der Waals surface area contributed by atoms with Crippen molar-refractivity contribution < 1.29 is 9.47 Å². The van der Waals surface area contributed by atoms with Gasteiger partial charge < -0.3 is 14.4 Å². The fourth-order valence-electron chi connectivity index (χ4n) is 3.26. The Morgan fingerprint density at radius 2 is 1.88 bits per heavy atom. The number of nitrogens with zero attached hydrogens (tertiary/aromatic N) is 3. The molecule has 5 nitrogen and oxygen atoms in total. The van der Waals surface area contributed by atoms with Gasteiger partial charge in [0.05, 0.1) is 5.69 Å². The van der Waals surface area contributed by atoms with Crippen molar-refractivity contribution in [2.75, 3.05) is 39.5 Å². The fourth-order valence-corrected chi connectivity index (χ4v) is 4.07. The molecule has 0 radical (unpaired) electrons. The monoisotopic (exact) mass is 345 g/mol. The van der Waals surface area contributed by atoms with Gasteiger partial charge in [-0.25, -0.2) is 4.98 Å². The van der Waals surface area contributed by atoms with E-state index in [-0.39, 0.29) is 0 Å². The van der Waals surface area contributed by atoms with Crippen molar-refractivity contribution in [3.8, 4) is 22.1 Å². The summed E-state index contributed by atoms with van der Waals surface area (Å²) in [4.78, 5) is 9.88. The van der Waals surface area contributed by atoms with Gasteiger partial charge in [-0.3, -0.25) is 4.90 Å². The molecule has 0 aliphatic carbocycles. The van der Waals surface area contributed by atoms with E-state index in [1.165, 1.54) is 26.1 Å². The van der Waals surface area contributed by atoms with E-state index in [1.807, 2.05) is 12.1 Å². The number of benzene rings is 1. The molecule has 0 unspecified atom stereocenters. The smallest absolute Gasteiger partial charge is 0.231 e. The Hall–Kier alpha value is -1.63. The lowest BCUT2D eigenvalue weighted by Crippen LogP contribution is -2.46. The molecule has 0 N–H and O–H groups in total. The molecule has 3 heterocycles. The molecule has 4 rings (SSSR count). The predicted molar refractivity (Wildman–Crippen MR) is 95.7 cm³/mol. The van der Waals surface area contributed by atoms with E-state index in [0.29, 0.717) is 6.79 Å². The standard InChI is InChI=1S/C18H23N3O2S/c1-2-5-20-6-8-21(9-7-20)11-15-12-24-18(19-15)14-3-4-16-17(10-14)23-13-22-16/h3-4,10,12H,2,5-9,11,13H2,1H3. The van der Waals surface area contributed by atoms with Crippen molar-refractivity contribution in [1.82, 2.24) is 14.8 Å². The molecule has 6 heteroatoms. The molecule has 2 aliphatic heterocycles. The van der Waals surface area contributed by atoms with E-state index in [2.05, 4.69) is 28.2 Å². The average Bonchev–Trinajstić information content (AvgIpc) is 3.25. The molecular weight excluding hydrogens is 322 g/mol. The highest BCUT2D eigenvalue weighted by atomic mass is 32.1. The first kappa shape index (κ1) is 15.9. The van der Waals surface area contributed by atoms with Gasteiger partial charge in [0.2, 0.25) is 6.79 Å². The average molecular weight is 345 g/mol. The van der Waals surface area contributed by atoms with Gasteiger partial charge >= 0.3 is 0 Å². The van der Waals surface area contributed by atoms with Gasteiger partial charge in [-0.05, 0) is 31.2 Å². The van der Waals surface area contributed by atoms with Crippen molar-refractivity contribution in [2.24, 2.45) is 0 Å². The Balaban J connectivity index is 1.39. The van der Waals surface area contributed by atoms with Gasteiger partial charge in [-0.15, -0.1) is 11.3 Å². The van der Waals surface area contributed by atoms with E-state index in [9.17, 15) is 0 Å². The van der Waals surface area contributed by atoms with Crippen LogP contribution in [0.5, 0.6) is 11.5 Å². The van der Waals surface area contributed by atoms with E-state index in [1.54, 1.807) is 11.3 Å². The van der Waals surface area contributed by atoms with Crippen molar-refractivity contribution in [3.63, 3.8) is 0 Å². The van der Waals surface area contributed by atoms with Crippen LogP contribution in [0, 0.1) is 0 Å². The Labute approximate surface area is 146 Å². The zero-order valence-corrected chi connectivity index (χ0v) is 14.8. The summed E-state index contributed by atoms with van der Waals surface area (Å²) < 4.78 is 10.8. The van der Waals surface area contributed by atoms with Crippen LogP contribution >= 0.6 is 11.3 Å². The highest BCUT2D eigenvalue weighted by Crippen LogP contribution is 2.36. The third-order valence-electron chi connectivity index (χ3n) is 4.56. The minimum Gasteiger partial charge on any atom is -0.454 e. The van der Waals surface area contributed by atoms with Crippen LogP contribution in [-0.2, 0) is 6.54 Å². The largest absolute Gasteiger partial charge is 0.454 e. The van der Waals surface area contributed by atoms with Gasteiger partial charge in [0, 0.05) is 43.7 Å². The second-order valence-corrected chi connectivity index (χ2v) is 7.19. The van der Waals surface area contributed by atoms with Crippen LogP contribution in [0.4, 0.5) is 0 Å². The fraction of sp³-hybridized carbons (Fsp3) is 0.500. The molecule has 0 amide bonds. The van der Waals surface area contributed by atoms with Gasteiger partial charge in [-0.1, -0.05) is 6.92 Å². The molecule has 0 bridgehead atoms. The van der Waals surface area contributed by atoms with Gasteiger partial charge in [0.25, 0.3) is 0 Å². The van der Waals surface area contributed by atoms with Gasteiger partial charge in [0.1, 0.15) is 5.01 Å². The highest BCUT2D eigenvalue weighted by Gasteiger charge is 2.18. The van der Waals surface area contributed by atoms with Crippen LogP contribution < -0.4 is 9.47 Å². The van der Waals surface area contributed by atoms with E-state index >= 15 is 0 Å². The molecular formula is C18H23N3O2S. The summed E-state index contributed by atoms with van der Waals surface area (Å²) >= 11 is 1.70. The van der Waals surface area contributed by atoms with E-state index in [4.69, 9.17) is 14.5 Å². The lowest BCUT2D eigenvalue weighted by Gasteiger charge is -2.34. The Bertz CT molecular complexity index is 695. The second-order valence-electron chi connectivity index (χ2n) is 6.33. The van der Waals surface area contributed by atoms with Crippen LogP contribution in [0.25, 0.3) is 10.6 Å². The lowest BCUT2D eigenvalue weighted by molar-refractivity contribution is 0.126. The first-order chi connectivity index (χ1) is 11.8. The summed E-state index contributed by atoms with van der Waals surface area (Å²) in [7, 11) is 0. The zero-order valence-electron chi connectivity index (χ0n) is 14.0. The maximum Gasteiger partial charge on any atom is 0.231 e. The van der Waals surface area contributed by atoms with E-state index < -0.39 is 0 Å². The third-order valence-corrected chi connectivity index (χ3v) is 5.50. The summed E-state index contributed by atoms with van der Waals surface area (Å²) in [6.45, 7) is 9.35.